The van der Waals surface area contributed by atoms with Crippen molar-refractivity contribution in [2.24, 2.45) is 5.73 Å². The lowest BCUT2D eigenvalue weighted by atomic mass is 10.1. The highest BCUT2D eigenvalue weighted by Gasteiger charge is 2.24. The van der Waals surface area contributed by atoms with Crippen LogP contribution < -0.4 is 5.73 Å². The lowest BCUT2D eigenvalue weighted by Gasteiger charge is -2.25. The van der Waals surface area contributed by atoms with E-state index in [4.69, 9.17) is 5.73 Å². The second kappa shape index (κ2) is 6.09. The van der Waals surface area contributed by atoms with E-state index in [9.17, 15) is 0 Å². The summed E-state index contributed by atoms with van der Waals surface area (Å²) in [4.78, 5) is 2.51. The molecule has 3 heteroatoms. The van der Waals surface area contributed by atoms with E-state index < -0.39 is 0 Å². The molecule has 1 aromatic rings. The first-order valence-corrected chi connectivity index (χ1v) is 7.72. The van der Waals surface area contributed by atoms with Crippen LogP contribution in [0.15, 0.2) is 30.3 Å². The van der Waals surface area contributed by atoms with Gasteiger partial charge in [-0.15, -0.1) is 0 Å². The van der Waals surface area contributed by atoms with Crippen molar-refractivity contribution >= 4 is 11.8 Å². The molecule has 1 aliphatic heterocycles. The summed E-state index contributed by atoms with van der Waals surface area (Å²) in [5.41, 5.74) is 7.54. The van der Waals surface area contributed by atoms with Gasteiger partial charge in [-0.1, -0.05) is 44.2 Å². The van der Waals surface area contributed by atoms with E-state index in [0.29, 0.717) is 4.75 Å². The lowest BCUT2D eigenvalue weighted by molar-refractivity contribution is 0.267. The van der Waals surface area contributed by atoms with Crippen molar-refractivity contribution in [1.82, 2.24) is 4.90 Å². The highest BCUT2D eigenvalue weighted by molar-refractivity contribution is 8.00. The van der Waals surface area contributed by atoms with E-state index in [-0.39, 0.29) is 6.04 Å². The van der Waals surface area contributed by atoms with E-state index in [1.165, 1.54) is 24.3 Å². The zero-order valence-electron chi connectivity index (χ0n) is 11.4. The number of hydrogen-bond acceptors (Lipinski definition) is 3. The minimum absolute atomic E-state index is 0.136. The van der Waals surface area contributed by atoms with Gasteiger partial charge in [0.1, 0.15) is 0 Å². The van der Waals surface area contributed by atoms with E-state index >= 15 is 0 Å². The highest BCUT2D eigenvalue weighted by atomic mass is 32.2. The van der Waals surface area contributed by atoms with Crippen LogP contribution in [-0.2, 0) is 0 Å². The highest BCUT2D eigenvalue weighted by Crippen LogP contribution is 2.30. The van der Waals surface area contributed by atoms with Gasteiger partial charge in [-0.3, -0.25) is 0 Å². The molecule has 1 atom stereocenters. The van der Waals surface area contributed by atoms with Gasteiger partial charge < -0.3 is 10.6 Å². The molecule has 1 fully saturated rings. The standard InChI is InChI=1S/C15H24N2S/c1-15(2)8-9-17(10-11-18-15)12-14(16)13-6-4-3-5-7-13/h3-7,14H,8-12,16H2,1-2H3. The number of rotatable bonds is 3. The van der Waals surface area contributed by atoms with Crippen LogP contribution in [0.3, 0.4) is 0 Å². The molecule has 1 unspecified atom stereocenters. The maximum atomic E-state index is 6.30. The molecule has 1 saturated heterocycles. The normalized spacial score (nSPS) is 22.4. The molecule has 1 aliphatic rings. The van der Waals surface area contributed by atoms with Gasteiger partial charge in [-0.05, 0) is 18.5 Å². The van der Waals surface area contributed by atoms with Crippen LogP contribution in [-0.4, -0.2) is 35.0 Å². The first-order valence-electron chi connectivity index (χ1n) is 6.74. The third kappa shape index (κ3) is 4.01. The molecule has 2 N–H and O–H groups in total. The number of benzene rings is 1. The summed E-state index contributed by atoms with van der Waals surface area (Å²) < 4.78 is 0.422. The molecule has 100 valence electrons. The van der Waals surface area contributed by atoms with Crippen molar-refractivity contribution < 1.29 is 0 Å². The summed E-state index contributed by atoms with van der Waals surface area (Å²) in [6.07, 6.45) is 1.25. The third-order valence-electron chi connectivity index (χ3n) is 3.61. The van der Waals surface area contributed by atoms with Gasteiger partial charge in [0, 0.05) is 29.6 Å². The van der Waals surface area contributed by atoms with Crippen LogP contribution in [0.25, 0.3) is 0 Å². The predicted molar refractivity (Wildman–Crippen MR) is 81.0 cm³/mol. The van der Waals surface area contributed by atoms with Gasteiger partial charge in [0.25, 0.3) is 0 Å². The Morgan fingerprint density at radius 1 is 1.28 bits per heavy atom. The van der Waals surface area contributed by atoms with Gasteiger partial charge in [-0.25, -0.2) is 0 Å². The smallest absolute Gasteiger partial charge is 0.0424 e. The molecule has 0 amide bonds. The van der Waals surface area contributed by atoms with Gasteiger partial charge >= 0.3 is 0 Å². The van der Waals surface area contributed by atoms with Crippen molar-refractivity contribution in [2.45, 2.75) is 31.1 Å². The largest absolute Gasteiger partial charge is 0.323 e. The average molecular weight is 264 g/mol. The molecule has 0 spiro atoms. The number of thioether (sulfide) groups is 1. The monoisotopic (exact) mass is 264 g/mol. The second-order valence-corrected chi connectivity index (χ2v) is 7.48. The SMILES string of the molecule is CC1(C)CCN(CC(N)c2ccccc2)CCS1. The van der Waals surface area contributed by atoms with Crippen molar-refractivity contribution in [1.29, 1.82) is 0 Å². The number of nitrogens with zero attached hydrogens (tertiary/aromatic N) is 1. The van der Waals surface area contributed by atoms with E-state index in [2.05, 4.69) is 54.8 Å². The lowest BCUT2D eigenvalue weighted by Crippen LogP contribution is -2.34. The Bertz CT molecular complexity index is 364. The minimum atomic E-state index is 0.136. The molecule has 0 radical (unpaired) electrons. The van der Waals surface area contributed by atoms with Crippen molar-refractivity contribution in [3.8, 4) is 0 Å². The molecule has 0 saturated carbocycles. The zero-order chi connectivity index (χ0) is 13.0. The van der Waals surface area contributed by atoms with Crippen LogP contribution >= 0.6 is 11.8 Å². The molecule has 2 nitrogen and oxygen atoms in total. The van der Waals surface area contributed by atoms with Crippen LogP contribution in [0, 0.1) is 0 Å². The molecule has 1 heterocycles. The van der Waals surface area contributed by atoms with Gasteiger partial charge in [0.15, 0.2) is 0 Å². The van der Waals surface area contributed by atoms with Gasteiger partial charge in [0.2, 0.25) is 0 Å². The molecule has 0 aliphatic carbocycles. The van der Waals surface area contributed by atoms with E-state index in [0.717, 1.165) is 13.1 Å². The fourth-order valence-electron chi connectivity index (χ4n) is 2.33. The van der Waals surface area contributed by atoms with Crippen molar-refractivity contribution in [2.75, 3.05) is 25.4 Å². The summed E-state index contributed by atoms with van der Waals surface area (Å²) in [5.74, 6) is 1.22. The van der Waals surface area contributed by atoms with Gasteiger partial charge in [-0.2, -0.15) is 11.8 Å². The summed E-state index contributed by atoms with van der Waals surface area (Å²) in [6, 6.07) is 10.6. The molecular formula is C15H24N2S. The minimum Gasteiger partial charge on any atom is -0.323 e. The number of nitrogens with two attached hydrogens (primary N) is 1. The predicted octanol–water partition coefficient (Wildman–Crippen LogP) is 2.90. The first kappa shape index (κ1) is 13.9. The Labute approximate surface area is 115 Å². The van der Waals surface area contributed by atoms with Crippen molar-refractivity contribution in [3.05, 3.63) is 35.9 Å². The molecule has 18 heavy (non-hydrogen) atoms. The Morgan fingerprint density at radius 2 is 2.00 bits per heavy atom. The third-order valence-corrected chi connectivity index (χ3v) is 4.99. The fraction of sp³-hybridized carbons (Fsp3) is 0.600. The molecule has 0 bridgehead atoms. The fourth-order valence-corrected chi connectivity index (χ4v) is 3.47. The Hall–Kier alpha value is -0.510. The molecule has 1 aromatic carbocycles. The topological polar surface area (TPSA) is 29.3 Å². The maximum absolute atomic E-state index is 6.30. The van der Waals surface area contributed by atoms with Crippen LogP contribution in [0.5, 0.6) is 0 Å². The maximum Gasteiger partial charge on any atom is 0.0424 e. The van der Waals surface area contributed by atoms with Gasteiger partial charge in [0.05, 0.1) is 0 Å². The molecule has 2 rings (SSSR count). The summed E-state index contributed by atoms with van der Waals surface area (Å²) >= 11 is 2.09. The Morgan fingerprint density at radius 3 is 2.72 bits per heavy atom. The van der Waals surface area contributed by atoms with Crippen molar-refractivity contribution in [3.63, 3.8) is 0 Å². The summed E-state index contributed by atoms with van der Waals surface area (Å²) in [6.45, 7) is 7.99. The Balaban J connectivity index is 1.90. The van der Waals surface area contributed by atoms with Crippen LogP contribution in [0.1, 0.15) is 31.9 Å². The summed E-state index contributed by atoms with van der Waals surface area (Å²) in [5, 5.41) is 0. The van der Waals surface area contributed by atoms with Crippen LogP contribution in [0.4, 0.5) is 0 Å². The quantitative estimate of drug-likeness (QED) is 0.910. The van der Waals surface area contributed by atoms with E-state index in [1.807, 2.05) is 6.07 Å². The van der Waals surface area contributed by atoms with E-state index in [1.54, 1.807) is 0 Å². The van der Waals surface area contributed by atoms with Crippen LogP contribution in [0.2, 0.25) is 0 Å². The number of hydrogen-bond donors (Lipinski definition) is 1. The molecule has 0 aromatic heterocycles. The Kier molecular flexibility index (Phi) is 4.71. The average Bonchev–Trinajstić information content (AvgIpc) is 2.52. The summed E-state index contributed by atoms with van der Waals surface area (Å²) in [7, 11) is 0. The molecular weight excluding hydrogens is 240 g/mol. The zero-order valence-corrected chi connectivity index (χ0v) is 12.2. The first-order chi connectivity index (χ1) is 8.57. The second-order valence-electron chi connectivity index (χ2n) is 5.68.